The smallest absolute Gasteiger partial charge is 0.275 e. The SMILES string of the molecule is CC(Nc1c(F)cc([N+](=O)[O-])cc1F)c1nccs1. The number of halogens is 2. The van der Waals surface area contributed by atoms with E-state index >= 15 is 0 Å². The Bertz CT molecular complexity index is 581. The first-order valence-corrected chi connectivity index (χ1v) is 6.16. The molecule has 0 aliphatic rings. The molecular formula is C11H9F2N3O2S. The zero-order valence-electron chi connectivity index (χ0n) is 9.76. The van der Waals surface area contributed by atoms with E-state index in [0.29, 0.717) is 17.1 Å². The molecule has 100 valence electrons. The van der Waals surface area contributed by atoms with E-state index in [9.17, 15) is 18.9 Å². The van der Waals surface area contributed by atoms with Crippen LogP contribution < -0.4 is 5.32 Å². The zero-order valence-corrected chi connectivity index (χ0v) is 10.6. The zero-order chi connectivity index (χ0) is 14.0. The van der Waals surface area contributed by atoms with Gasteiger partial charge in [-0.15, -0.1) is 11.3 Å². The van der Waals surface area contributed by atoms with E-state index in [2.05, 4.69) is 10.3 Å². The molecule has 1 unspecified atom stereocenters. The van der Waals surface area contributed by atoms with E-state index < -0.39 is 34.0 Å². The summed E-state index contributed by atoms with van der Waals surface area (Å²) in [5.74, 6) is -2.01. The predicted molar refractivity (Wildman–Crippen MR) is 67.2 cm³/mol. The van der Waals surface area contributed by atoms with Gasteiger partial charge in [0.15, 0.2) is 11.6 Å². The van der Waals surface area contributed by atoms with Crippen LogP contribution in [0, 0.1) is 21.7 Å². The van der Waals surface area contributed by atoms with E-state index in [4.69, 9.17) is 0 Å². The maximum absolute atomic E-state index is 13.6. The van der Waals surface area contributed by atoms with Crippen molar-refractivity contribution >= 4 is 22.7 Å². The summed E-state index contributed by atoms with van der Waals surface area (Å²) in [7, 11) is 0. The number of rotatable bonds is 4. The van der Waals surface area contributed by atoms with Crippen molar-refractivity contribution in [3.63, 3.8) is 0 Å². The van der Waals surface area contributed by atoms with Gasteiger partial charge in [-0.05, 0) is 6.92 Å². The maximum atomic E-state index is 13.6. The summed E-state index contributed by atoms with van der Waals surface area (Å²) in [6.07, 6.45) is 1.58. The van der Waals surface area contributed by atoms with Gasteiger partial charge in [0, 0.05) is 11.6 Å². The minimum Gasteiger partial charge on any atom is -0.371 e. The Labute approximate surface area is 111 Å². The van der Waals surface area contributed by atoms with Crippen LogP contribution in [0.3, 0.4) is 0 Å². The van der Waals surface area contributed by atoms with Crippen LogP contribution in [0.4, 0.5) is 20.2 Å². The molecule has 0 radical (unpaired) electrons. The number of aromatic nitrogens is 1. The van der Waals surface area contributed by atoms with Crippen molar-refractivity contribution in [3.05, 3.63) is 50.5 Å². The number of nitro groups is 1. The van der Waals surface area contributed by atoms with Crippen LogP contribution in [-0.4, -0.2) is 9.91 Å². The van der Waals surface area contributed by atoms with Crippen molar-refractivity contribution in [1.29, 1.82) is 0 Å². The molecule has 0 amide bonds. The van der Waals surface area contributed by atoms with Crippen molar-refractivity contribution in [2.75, 3.05) is 5.32 Å². The lowest BCUT2D eigenvalue weighted by Crippen LogP contribution is -2.09. The predicted octanol–water partition coefficient (Wildman–Crippen LogP) is 3.50. The fraction of sp³-hybridized carbons (Fsp3) is 0.182. The van der Waals surface area contributed by atoms with E-state index in [1.165, 1.54) is 11.3 Å². The lowest BCUT2D eigenvalue weighted by Gasteiger charge is -2.14. The molecule has 1 heterocycles. The number of hydrogen-bond acceptors (Lipinski definition) is 5. The van der Waals surface area contributed by atoms with Crippen LogP contribution in [0.5, 0.6) is 0 Å². The van der Waals surface area contributed by atoms with Gasteiger partial charge in [0.2, 0.25) is 0 Å². The number of benzene rings is 1. The van der Waals surface area contributed by atoms with E-state index in [1.54, 1.807) is 18.5 Å². The molecule has 0 bridgehead atoms. The number of thiazole rings is 1. The van der Waals surface area contributed by atoms with Crippen LogP contribution >= 0.6 is 11.3 Å². The molecule has 0 fully saturated rings. The van der Waals surface area contributed by atoms with Crippen molar-refractivity contribution in [1.82, 2.24) is 4.98 Å². The normalized spacial score (nSPS) is 12.2. The molecule has 2 rings (SSSR count). The highest BCUT2D eigenvalue weighted by molar-refractivity contribution is 7.09. The lowest BCUT2D eigenvalue weighted by molar-refractivity contribution is -0.385. The fourth-order valence-corrected chi connectivity index (χ4v) is 2.18. The van der Waals surface area contributed by atoms with E-state index in [-0.39, 0.29) is 0 Å². The molecule has 1 aromatic carbocycles. The summed E-state index contributed by atoms with van der Waals surface area (Å²) in [6.45, 7) is 1.69. The molecule has 0 aliphatic heterocycles. The Morgan fingerprint density at radius 2 is 2.05 bits per heavy atom. The third kappa shape index (κ3) is 2.84. The van der Waals surface area contributed by atoms with Crippen molar-refractivity contribution in [2.45, 2.75) is 13.0 Å². The van der Waals surface area contributed by atoms with Gasteiger partial charge in [-0.3, -0.25) is 10.1 Å². The second kappa shape index (κ2) is 5.27. The molecule has 1 N–H and O–H groups in total. The standard InChI is InChI=1S/C11H9F2N3O2S/c1-6(11-14-2-3-19-11)15-10-8(12)4-7(16(17)18)5-9(10)13/h2-6,15H,1H3. The maximum Gasteiger partial charge on any atom is 0.275 e. The average Bonchev–Trinajstić information content (AvgIpc) is 2.86. The second-order valence-electron chi connectivity index (χ2n) is 3.78. The minimum atomic E-state index is -1.00. The third-order valence-electron chi connectivity index (χ3n) is 2.42. The van der Waals surface area contributed by atoms with Crippen LogP contribution in [0.1, 0.15) is 18.0 Å². The van der Waals surface area contributed by atoms with Gasteiger partial charge in [-0.1, -0.05) is 0 Å². The topological polar surface area (TPSA) is 68.1 Å². The molecular weight excluding hydrogens is 276 g/mol. The number of nitro benzene ring substituents is 1. The van der Waals surface area contributed by atoms with Gasteiger partial charge in [-0.2, -0.15) is 0 Å². The first kappa shape index (κ1) is 13.3. The summed E-state index contributed by atoms with van der Waals surface area (Å²) < 4.78 is 27.3. The molecule has 2 aromatic rings. The number of nitrogens with zero attached hydrogens (tertiary/aromatic N) is 2. The van der Waals surface area contributed by atoms with Gasteiger partial charge in [0.1, 0.15) is 10.7 Å². The Morgan fingerprint density at radius 3 is 2.53 bits per heavy atom. The van der Waals surface area contributed by atoms with Gasteiger partial charge in [0.25, 0.3) is 5.69 Å². The third-order valence-corrected chi connectivity index (χ3v) is 3.38. The highest BCUT2D eigenvalue weighted by Crippen LogP contribution is 2.28. The molecule has 0 saturated heterocycles. The fourth-order valence-electron chi connectivity index (χ4n) is 1.53. The quantitative estimate of drug-likeness (QED) is 0.689. The highest BCUT2D eigenvalue weighted by atomic mass is 32.1. The van der Waals surface area contributed by atoms with E-state index in [1.807, 2.05) is 0 Å². The van der Waals surface area contributed by atoms with Gasteiger partial charge < -0.3 is 5.32 Å². The van der Waals surface area contributed by atoms with Crippen LogP contribution in [0.25, 0.3) is 0 Å². The van der Waals surface area contributed by atoms with Crippen molar-refractivity contribution in [2.24, 2.45) is 0 Å². The summed E-state index contributed by atoms with van der Waals surface area (Å²) in [5.41, 5.74) is -1.02. The second-order valence-corrected chi connectivity index (χ2v) is 4.70. The minimum absolute atomic E-state index is 0.395. The van der Waals surface area contributed by atoms with Crippen LogP contribution in [0.2, 0.25) is 0 Å². The first-order chi connectivity index (χ1) is 8.99. The molecule has 1 atom stereocenters. The van der Waals surface area contributed by atoms with Crippen LogP contribution in [0.15, 0.2) is 23.7 Å². The first-order valence-electron chi connectivity index (χ1n) is 5.28. The Morgan fingerprint density at radius 1 is 1.42 bits per heavy atom. The summed E-state index contributed by atoms with van der Waals surface area (Å²) in [5, 5.41) is 15.5. The van der Waals surface area contributed by atoms with Gasteiger partial charge in [0.05, 0.1) is 23.1 Å². The Kier molecular flexibility index (Phi) is 3.70. The van der Waals surface area contributed by atoms with Gasteiger partial charge >= 0.3 is 0 Å². The largest absolute Gasteiger partial charge is 0.371 e. The number of nitrogens with one attached hydrogen (secondary N) is 1. The van der Waals surface area contributed by atoms with E-state index in [0.717, 1.165) is 0 Å². The Hall–Kier alpha value is -2.09. The summed E-state index contributed by atoms with van der Waals surface area (Å²) in [6, 6.07) is 0.963. The molecule has 1 aromatic heterocycles. The summed E-state index contributed by atoms with van der Waals surface area (Å²) >= 11 is 1.34. The molecule has 19 heavy (non-hydrogen) atoms. The van der Waals surface area contributed by atoms with Crippen LogP contribution in [-0.2, 0) is 0 Å². The molecule has 5 nitrogen and oxygen atoms in total. The van der Waals surface area contributed by atoms with Crippen molar-refractivity contribution < 1.29 is 13.7 Å². The molecule has 0 aliphatic carbocycles. The van der Waals surface area contributed by atoms with Gasteiger partial charge in [-0.25, -0.2) is 13.8 Å². The molecule has 8 heteroatoms. The molecule has 0 spiro atoms. The average molecular weight is 285 g/mol. The van der Waals surface area contributed by atoms with Crippen molar-refractivity contribution in [3.8, 4) is 0 Å². The number of anilines is 1. The highest BCUT2D eigenvalue weighted by Gasteiger charge is 2.19. The number of non-ortho nitro benzene ring substituents is 1. The monoisotopic (exact) mass is 285 g/mol. The molecule has 0 saturated carbocycles. The Balaban J connectivity index is 2.28. The summed E-state index contributed by atoms with van der Waals surface area (Å²) in [4.78, 5) is 13.6. The number of hydrogen-bond donors (Lipinski definition) is 1. The lowest BCUT2D eigenvalue weighted by atomic mass is 10.2.